The third-order valence-corrected chi connectivity index (χ3v) is 4.95. The Hall–Kier alpha value is -3.03. The van der Waals surface area contributed by atoms with E-state index in [4.69, 9.17) is 9.47 Å². The zero-order chi connectivity index (χ0) is 20.1. The summed E-state index contributed by atoms with van der Waals surface area (Å²) in [6.07, 6.45) is 4.06. The minimum absolute atomic E-state index is 0.0516. The van der Waals surface area contributed by atoms with E-state index >= 15 is 0 Å². The number of methoxy groups -OCH3 is 2. The lowest BCUT2D eigenvalue weighted by molar-refractivity contribution is -0.117. The molecule has 1 aromatic carbocycles. The van der Waals surface area contributed by atoms with Crippen molar-refractivity contribution in [2.75, 3.05) is 37.5 Å². The van der Waals surface area contributed by atoms with E-state index < -0.39 is 0 Å². The van der Waals surface area contributed by atoms with Gasteiger partial charge < -0.3 is 19.7 Å². The van der Waals surface area contributed by atoms with Crippen LogP contribution in [0.3, 0.4) is 0 Å². The van der Waals surface area contributed by atoms with E-state index in [9.17, 15) is 9.59 Å². The number of carbonyl (C=O) groups excluding carboxylic acids is 1. The number of carbonyl (C=O) groups is 1. The van der Waals surface area contributed by atoms with Gasteiger partial charge in [-0.15, -0.1) is 0 Å². The molecule has 2 heterocycles. The van der Waals surface area contributed by atoms with Gasteiger partial charge in [0.2, 0.25) is 5.91 Å². The van der Waals surface area contributed by atoms with Gasteiger partial charge in [0.1, 0.15) is 11.5 Å². The molecule has 0 unspecified atom stereocenters. The highest BCUT2D eigenvalue weighted by Crippen LogP contribution is 2.27. The summed E-state index contributed by atoms with van der Waals surface area (Å²) in [5, 5.41) is 7.01. The van der Waals surface area contributed by atoms with Crippen LogP contribution >= 0.6 is 0 Å². The van der Waals surface area contributed by atoms with Crippen LogP contribution in [0.4, 0.5) is 11.4 Å². The Kier molecular flexibility index (Phi) is 6.18. The van der Waals surface area contributed by atoms with Crippen LogP contribution < -0.4 is 25.2 Å². The molecule has 0 saturated carbocycles. The van der Waals surface area contributed by atoms with E-state index in [1.54, 1.807) is 51.7 Å². The first-order chi connectivity index (χ1) is 13.5. The summed E-state index contributed by atoms with van der Waals surface area (Å²) >= 11 is 0. The Labute approximate surface area is 164 Å². The molecule has 0 spiro atoms. The van der Waals surface area contributed by atoms with Crippen molar-refractivity contribution in [1.29, 1.82) is 0 Å². The molecular weight excluding hydrogens is 360 g/mol. The van der Waals surface area contributed by atoms with Crippen LogP contribution in [0.5, 0.6) is 11.5 Å². The molecule has 1 aliphatic heterocycles. The highest BCUT2D eigenvalue weighted by molar-refractivity contribution is 5.91. The van der Waals surface area contributed by atoms with E-state index in [1.807, 2.05) is 0 Å². The smallest absolute Gasteiger partial charge is 0.268 e. The molecule has 28 heavy (non-hydrogen) atoms. The summed E-state index contributed by atoms with van der Waals surface area (Å²) in [5.41, 5.74) is 1.32. The van der Waals surface area contributed by atoms with Gasteiger partial charge in [-0.2, -0.15) is 5.10 Å². The Morgan fingerprint density at radius 1 is 1.21 bits per heavy atom. The van der Waals surface area contributed by atoms with Gasteiger partial charge in [0.05, 0.1) is 26.1 Å². The van der Waals surface area contributed by atoms with E-state index in [2.05, 4.69) is 15.3 Å². The molecule has 0 aliphatic carbocycles. The monoisotopic (exact) mass is 386 g/mol. The second kappa shape index (κ2) is 8.77. The van der Waals surface area contributed by atoms with Crippen molar-refractivity contribution in [2.24, 2.45) is 13.0 Å². The van der Waals surface area contributed by atoms with Crippen LogP contribution in [0.2, 0.25) is 0 Å². The lowest BCUT2D eigenvalue weighted by Crippen LogP contribution is -2.37. The maximum absolute atomic E-state index is 12.5. The number of aryl methyl sites for hydroxylation is 1. The summed E-state index contributed by atoms with van der Waals surface area (Å²) in [4.78, 5) is 26.5. The fraction of sp³-hybridized carbons (Fsp3) is 0.450. The number of hydrogen-bond donors (Lipinski definition) is 1. The van der Waals surface area contributed by atoms with Gasteiger partial charge in [0.25, 0.3) is 5.56 Å². The summed E-state index contributed by atoms with van der Waals surface area (Å²) in [6, 6.07) is 6.88. The third-order valence-electron chi connectivity index (χ3n) is 4.95. The molecule has 1 atom stereocenters. The molecule has 8 nitrogen and oxygen atoms in total. The van der Waals surface area contributed by atoms with E-state index in [-0.39, 0.29) is 17.4 Å². The van der Waals surface area contributed by atoms with Gasteiger partial charge in [0, 0.05) is 56.5 Å². The van der Waals surface area contributed by atoms with Gasteiger partial charge in [-0.1, -0.05) is 0 Å². The SMILES string of the molecule is COc1cc(NC(=O)C[C@H]2CCCN(c3cnn(C)c(=O)c3)C2)cc(OC)c1. The third kappa shape index (κ3) is 4.82. The van der Waals surface area contributed by atoms with Crippen molar-refractivity contribution in [3.63, 3.8) is 0 Å². The van der Waals surface area contributed by atoms with E-state index in [0.717, 1.165) is 31.6 Å². The number of nitrogens with one attached hydrogen (secondary N) is 1. The highest BCUT2D eigenvalue weighted by Gasteiger charge is 2.23. The molecule has 1 fully saturated rings. The lowest BCUT2D eigenvalue weighted by atomic mass is 9.94. The van der Waals surface area contributed by atoms with Gasteiger partial charge in [-0.05, 0) is 18.8 Å². The van der Waals surface area contributed by atoms with Crippen molar-refractivity contribution in [1.82, 2.24) is 9.78 Å². The maximum Gasteiger partial charge on any atom is 0.268 e. The molecule has 1 amide bonds. The average molecular weight is 386 g/mol. The topological polar surface area (TPSA) is 85.7 Å². The average Bonchev–Trinajstić information content (AvgIpc) is 2.69. The Morgan fingerprint density at radius 3 is 2.57 bits per heavy atom. The minimum Gasteiger partial charge on any atom is -0.497 e. The molecule has 3 rings (SSSR count). The van der Waals surface area contributed by atoms with Crippen molar-refractivity contribution in [3.8, 4) is 11.5 Å². The first-order valence-electron chi connectivity index (χ1n) is 9.29. The van der Waals surface area contributed by atoms with Gasteiger partial charge in [0.15, 0.2) is 0 Å². The zero-order valence-electron chi connectivity index (χ0n) is 16.5. The van der Waals surface area contributed by atoms with Crippen molar-refractivity contribution >= 4 is 17.3 Å². The fourth-order valence-electron chi connectivity index (χ4n) is 3.45. The molecule has 0 bridgehead atoms. The van der Waals surface area contributed by atoms with Crippen LogP contribution in [0.1, 0.15) is 19.3 Å². The largest absolute Gasteiger partial charge is 0.497 e. The Balaban J connectivity index is 1.62. The lowest BCUT2D eigenvalue weighted by Gasteiger charge is -2.33. The summed E-state index contributed by atoms with van der Waals surface area (Å²) in [6.45, 7) is 1.59. The second-order valence-electron chi connectivity index (χ2n) is 6.98. The van der Waals surface area contributed by atoms with Crippen LogP contribution in [-0.2, 0) is 11.8 Å². The van der Waals surface area contributed by atoms with E-state index in [0.29, 0.717) is 23.6 Å². The summed E-state index contributed by atoms with van der Waals surface area (Å²) < 4.78 is 11.8. The van der Waals surface area contributed by atoms with Crippen LogP contribution in [-0.4, -0.2) is 43.0 Å². The van der Waals surface area contributed by atoms with Gasteiger partial charge in [-0.25, -0.2) is 4.68 Å². The van der Waals surface area contributed by atoms with Crippen molar-refractivity contribution in [2.45, 2.75) is 19.3 Å². The number of piperidine rings is 1. The number of hydrogen-bond acceptors (Lipinski definition) is 6. The predicted octanol–water partition coefficient (Wildman–Crippen LogP) is 2.04. The van der Waals surface area contributed by atoms with E-state index in [1.165, 1.54) is 4.68 Å². The number of amides is 1. The number of anilines is 2. The number of ether oxygens (including phenoxy) is 2. The van der Waals surface area contributed by atoms with Crippen LogP contribution in [0, 0.1) is 5.92 Å². The molecule has 1 aliphatic rings. The number of nitrogens with zero attached hydrogens (tertiary/aromatic N) is 3. The number of benzene rings is 1. The molecule has 2 aromatic rings. The fourth-order valence-corrected chi connectivity index (χ4v) is 3.45. The molecule has 0 radical (unpaired) electrons. The quantitative estimate of drug-likeness (QED) is 0.818. The summed E-state index contributed by atoms with van der Waals surface area (Å²) in [7, 11) is 4.77. The summed E-state index contributed by atoms with van der Waals surface area (Å²) in [5.74, 6) is 1.41. The Morgan fingerprint density at radius 2 is 1.93 bits per heavy atom. The first kappa shape index (κ1) is 19.7. The zero-order valence-corrected chi connectivity index (χ0v) is 16.5. The number of aromatic nitrogens is 2. The minimum atomic E-state index is -0.135. The molecule has 150 valence electrons. The van der Waals surface area contributed by atoms with Gasteiger partial charge in [-0.3, -0.25) is 9.59 Å². The highest BCUT2D eigenvalue weighted by atomic mass is 16.5. The van der Waals surface area contributed by atoms with Gasteiger partial charge >= 0.3 is 0 Å². The van der Waals surface area contributed by atoms with Crippen LogP contribution in [0.25, 0.3) is 0 Å². The molecule has 8 heteroatoms. The molecule has 1 aromatic heterocycles. The standard InChI is InChI=1S/C20H26N4O4/c1-23-20(26)10-16(12-21-23)24-6-4-5-14(13-24)7-19(25)22-15-8-17(27-2)11-18(9-15)28-3/h8-12,14H,4-7,13H2,1-3H3,(H,22,25)/t14-/m1/s1. The molecule has 1 saturated heterocycles. The molecule has 1 N–H and O–H groups in total. The predicted molar refractivity (Wildman–Crippen MR) is 107 cm³/mol. The van der Waals surface area contributed by atoms with Crippen LogP contribution in [0.15, 0.2) is 35.3 Å². The van der Waals surface area contributed by atoms with Crippen molar-refractivity contribution in [3.05, 3.63) is 40.8 Å². The first-order valence-corrected chi connectivity index (χ1v) is 9.29. The number of rotatable bonds is 6. The maximum atomic E-state index is 12.5. The molecular formula is C20H26N4O4. The normalized spacial score (nSPS) is 16.5. The second-order valence-corrected chi connectivity index (χ2v) is 6.98. The Bertz CT molecular complexity index is 874. The van der Waals surface area contributed by atoms with Crippen molar-refractivity contribution < 1.29 is 14.3 Å².